The molecule has 3 aromatic heterocycles. The Morgan fingerprint density at radius 3 is 2.88 bits per heavy atom. The summed E-state index contributed by atoms with van der Waals surface area (Å²) in [7, 11) is 0. The van der Waals surface area contributed by atoms with Gasteiger partial charge < -0.3 is 14.5 Å². The van der Waals surface area contributed by atoms with Crippen LogP contribution in [0.3, 0.4) is 0 Å². The van der Waals surface area contributed by atoms with E-state index in [9.17, 15) is 4.79 Å². The lowest BCUT2D eigenvalue weighted by molar-refractivity contribution is 0.102. The third-order valence-electron chi connectivity index (χ3n) is 4.24. The summed E-state index contributed by atoms with van der Waals surface area (Å²) in [4.78, 5) is 21.5. The summed E-state index contributed by atoms with van der Waals surface area (Å²) in [6.45, 7) is 4.29. The number of aromatic nitrogens is 3. The molecular formula is C19H20N4O2. The number of fused-ring (bicyclic) bond motifs is 1. The Kier molecular flexibility index (Phi) is 3.87. The lowest BCUT2D eigenvalue weighted by atomic mass is 10.3. The molecule has 128 valence electrons. The second-order valence-electron chi connectivity index (χ2n) is 6.31. The number of hydrogen-bond donors (Lipinski definition) is 1. The van der Waals surface area contributed by atoms with E-state index < -0.39 is 0 Å². The van der Waals surface area contributed by atoms with E-state index in [4.69, 9.17) is 4.74 Å². The molecule has 1 saturated carbocycles. The fourth-order valence-corrected chi connectivity index (χ4v) is 2.84. The molecular weight excluding hydrogens is 316 g/mol. The van der Waals surface area contributed by atoms with E-state index in [0.717, 1.165) is 17.0 Å². The molecule has 6 nitrogen and oxygen atoms in total. The molecule has 1 aliphatic carbocycles. The first-order chi connectivity index (χ1) is 12.1. The number of carbonyl (C=O) groups excluding carboxylic acids is 1. The van der Waals surface area contributed by atoms with Gasteiger partial charge in [-0.2, -0.15) is 0 Å². The van der Waals surface area contributed by atoms with Crippen LogP contribution in [0.1, 0.15) is 47.6 Å². The first-order valence-electron chi connectivity index (χ1n) is 8.54. The maximum atomic E-state index is 12.5. The van der Waals surface area contributed by atoms with E-state index >= 15 is 0 Å². The minimum Gasteiger partial charge on any atom is -0.491 e. The molecule has 6 heteroatoms. The summed E-state index contributed by atoms with van der Waals surface area (Å²) in [6.07, 6.45) is 6.28. The van der Waals surface area contributed by atoms with E-state index in [0.29, 0.717) is 29.7 Å². The quantitative estimate of drug-likeness (QED) is 0.773. The summed E-state index contributed by atoms with van der Waals surface area (Å²) in [5.41, 5.74) is 3.73. The number of anilines is 1. The van der Waals surface area contributed by atoms with Gasteiger partial charge in [0.1, 0.15) is 22.8 Å². The topological polar surface area (TPSA) is 68.5 Å². The van der Waals surface area contributed by atoms with Crippen molar-refractivity contribution in [2.24, 2.45) is 0 Å². The second-order valence-corrected chi connectivity index (χ2v) is 6.31. The smallest absolute Gasteiger partial charge is 0.274 e. The van der Waals surface area contributed by atoms with Crippen molar-refractivity contribution in [1.29, 1.82) is 0 Å². The van der Waals surface area contributed by atoms with Crippen LogP contribution in [0, 0.1) is 6.92 Å². The minimum absolute atomic E-state index is 0.258. The van der Waals surface area contributed by atoms with Gasteiger partial charge in [-0.25, -0.2) is 9.97 Å². The Morgan fingerprint density at radius 1 is 1.32 bits per heavy atom. The van der Waals surface area contributed by atoms with Gasteiger partial charge >= 0.3 is 0 Å². The molecule has 1 N–H and O–H groups in total. The molecule has 0 aromatic carbocycles. The molecule has 3 aromatic rings. The van der Waals surface area contributed by atoms with Gasteiger partial charge in [-0.3, -0.25) is 4.79 Å². The molecule has 3 heterocycles. The first kappa shape index (κ1) is 15.6. The van der Waals surface area contributed by atoms with Crippen LogP contribution in [-0.2, 0) is 0 Å². The summed E-state index contributed by atoms with van der Waals surface area (Å²) in [6, 6.07) is 7.25. The highest BCUT2D eigenvalue weighted by atomic mass is 16.5. The van der Waals surface area contributed by atoms with Gasteiger partial charge in [0.15, 0.2) is 0 Å². The van der Waals surface area contributed by atoms with Crippen LogP contribution in [0.25, 0.3) is 5.65 Å². The molecule has 1 aliphatic rings. The number of imidazole rings is 1. The Hall–Kier alpha value is -2.89. The largest absolute Gasteiger partial charge is 0.491 e. The van der Waals surface area contributed by atoms with Gasteiger partial charge in [0.2, 0.25) is 0 Å². The SMILES string of the molecule is CCOc1cc2nc(C3CC3)cn2cc1NC(=O)c1cccc(C)n1. The summed E-state index contributed by atoms with van der Waals surface area (Å²) in [5.74, 6) is 0.931. The molecule has 0 spiro atoms. The van der Waals surface area contributed by atoms with Crippen molar-refractivity contribution in [2.45, 2.75) is 32.6 Å². The fourth-order valence-electron chi connectivity index (χ4n) is 2.84. The van der Waals surface area contributed by atoms with Gasteiger partial charge in [-0.05, 0) is 38.8 Å². The Balaban J connectivity index is 1.68. The van der Waals surface area contributed by atoms with E-state index in [1.807, 2.05) is 48.8 Å². The molecule has 4 rings (SSSR count). The highest BCUT2D eigenvalue weighted by molar-refractivity contribution is 6.03. The lowest BCUT2D eigenvalue weighted by Crippen LogP contribution is -2.15. The Bertz CT molecular complexity index is 944. The van der Waals surface area contributed by atoms with Crippen LogP contribution in [0.2, 0.25) is 0 Å². The van der Waals surface area contributed by atoms with E-state index in [-0.39, 0.29) is 5.91 Å². The zero-order chi connectivity index (χ0) is 17.4. The lowest BCUT2D eigenvalue weighted by Gasteiger charge is -2.12. The normalized spacial score (nSPS) is 13.8. The van der Waals surface area contributed by atoms with Crippen LogP contribution in [0.4, 0.5) is 5.69 Å². The number of amides is 1. The molecule has 0 radical (unpaired) electrons. The number of aryl methyl sites for hydroxylation is 1. The molecule has 0 atom stereocenters. The maximum absolute atomic E-state index is 12.5. The average Bonchev–Trinajstić information content (AvgIpc) is 3.36. The average molecular weight is 336 g/mol. The summed E-state index contributed by atoms with van der Waals surface area (Å²) < 4.78 is 7.64. The van der Waals surface area contributed by atoms with Gasteiger partial charge in [0, 0.05) is 30.1 Å². The number of hydrogen-bond acceptors (Lipinski definition) is 4. The van der Waals surface area contributed by atoms with Crippen LogP contribution >= 0.6 is 0 Å². The van der Waals surface area contributed by atoms with Crippen molar-refractivity contribution >= 4 is 17.2 Å². The molecule has 0 bridgehead atoms. The number of pyridine rings is 2. The number of carbonyl (C=O) groups is 1. The molecule has 0 unspecified atom stereocenters. The second kappa shape index (κ2) is 6.20. The first-order valence-corrected chi connectivity index (χ1v) is 8.54. The fraction of sp³-hybridized carbons (Fsp3) is 0.316. The number of ether oxygens (including phenoxy) is 1. The van der Waals surface area contributed by atoms with E-state index in [2.05, 4.69) is 15.3 Å². The van der Waals surface area contributed by atoms with Gasteiger partial charge in [-0.1, -0.05) is 6.07 Å². The van der Waals surface area contributed by atoms with Crippen LogP contribution < -0.4 is 10.1 Å². The predicted molar refractivity (Wildman–Crippen MR) is 95.3 cm³/mol. The van der Waals surface area contributed by atoms with Crippen molar-refractivity contribution in [3.8, 4) is 5.75 Å². The van der Waals surface area contributed by atoms with Crippen molar-refractivity contribution in [1.82, 2.24) is 14.4 Å². The predicted octanol–water partition coefficient (Wildman–Crippen LogP) is 3.57. The molecule has 1 amide bonds. The zero-order valence-electron chi connectivity index (χ0n) is 14.3. The van der Waals surface area contributed by atoms with Crippen molar-refractivity contribution < 1.29 is 9.53 Å². The minimum atomic E-state index is -0.258. The van der Waals surface area contributed by atoms with Gasteiger partial charge in [0.05, 0.1) is 12.3 Å². The van der Waals surface area contributed by atoms with Crippen LogP contribution in [0.5, 0.6) is 5.75 Å². The Labute approximate surface area is 145 Å². The van der Waals surface area contributed by atoms with Gasteiger partial charge in [0.25, 0.3) is 5.91 Å². The molecule has 0 saturated heterocycles. The molecule has 0 aliphatic heterocycles. The Morgan fingerprint density at radius 2 is 2.16 bits per heavy atom. The van der Waals surface area contributed by atoms with Crippen molar-refractivity contribution in [3.63, 3.8) is 0 Å². The van der Waals surface area contributed by atoms with Crippen molar-refractivity contribution in [2.75, 3.05) is 11.9 Å². The molecule has 25 heavy (non-hydrogen) atoms. The third kappa shape index (κ3) is 3.20. The highest BCUT2D eigenvalue weighted by Gasteiger charge is 2.26. The van der Waals surface area contributed by atoms with Gasteiger partial charge in [-0.15, -0.1) is 0 Å². The van der Waals surface area contributed by atoms with Crippen LogP contribution in [0.15, 0.2) is 36.7 Å². The van der Waals surface area contributed by atoms with Crippen molar-refractivity contribution in [3.05, 3.63) is 53.7 Å². The standard InChI is InChI=1S/C19H20N4O2/c1-3-25-17-9-18-21-15(13-7-8-13)10-23(18)11-16(17)22-19(24)14-6-4-5-12(2)20-14/h4-6,9-11,13H,3,7-8H2,1-2H3,(H,22,24). The number of rotatable bonds is 5. The zero-order valence-corrected chi connectivity index (χ0v) is 14.3. The number of nitrogens with zero attached hydrogens (tertiary/aromatic N) is 3. The highest BCUT2D eigenvalue weighted by Crippen LogP contribution is 2.40. The summed E-state index contributed by atoms with van der Waals surface area (Å²) in [5, 5.41) is 2.91. The molecule has 1 fully saturated rings. The summed E-state index contributed by atoms with van der Waals surface area (Å²) >= 11 is 0. The third-order valence-corrected chi connectivity index (χ3v) is 4.24. The maximum Gasteiger partial charge on any atom is 0.274 e. The van der Waals surface area contributed by atoms with Crippen LogP contribution in [-0.4, -0.2) is 26.9 Å². The van der Waals surface area contributed by atoms with E-state index in [1.54, 1.807) is 6.07 Å². The number of nitrogens with one attached hydrogen (secondary N) is 1. The monoisotopic (exact) mass is 336 g/mol. The van der Waals surface area contributed by atoms with E-state index in [1.165, 1.54) is 12.8 Å².